The lowest BCUT2D eigenvalue weighted by Gasteiger charge is -2.18. The van der Waals surface area contributed by atoms with Crippen molar-refractivity contribution < 1.29 is 19.4 Å². The molecule has 0 radical (unpaired) electrons. The van der Waals surface area contributed by atoms with Crippen molar-refractivity contribution in [3.63, 3.8) is 0 Å². The first-order valence-corrected chi connectivity index (χ1v) is 8.61. The molecule has 0 bridgehead atoms. The minimum absolute atomic E-state index is 0.0279. The monoisotopic (exact) mass is 375 g/mol. The maximum atomic E-state index is 12.2. The fraction of sp³-hybridized carbons (Fsp3) is 0.333. The molecule has 0 saturated heterocycles. The summed E-state index contributed by atoms with van der Waals surface area (Å²) in [5, 5.41) is 25.0. The number of hydrogen-bond donors (Lipinski definition) is 3. The number of pyridine rings is 1. The molecule has 0 aliphatic heterocycles. The van der Waals surface area contributed by atoms with Gasteiger partial charge in [-0.15, -0.1) is 0 Å². The largest absolute Gasteiger partial charge is 0.623 e. The van der Waals surface area contributed by atoms with Crippen molar-refractivity contribution in [3.8, 4) is 0 Å². The third kappa shape index (κ3) is 4.72. The van der Waals surface area contributed by atoms with Gasteiger partial charge in [-0.1, -0.05) is 6.07 Å². The van der Waals surface area contributed by atoms with Crippen LogP contribution in [0.15, 0.2) is 30.5 Å². The minimum Gasteiger partial charge on any atom is -0.623 e. The molecule has 1 unspecified atom stereocenters. The molecule has 0 fully saturated rings. The van der Waals surface area contributed by atoms with Gasteiger partial charge in [0.2, 0.25) is 0 Å². The van der Waals surface area contributed by atoms with Gasteiger partial charge in [-0.25, -0.2) is 9.53 Å². The second-order valence-corrected chi connectivity index (χ2v) is 7.21. The fourth-order valence-electron chi connectivity index (χ4n) is 2.11. The fourth-order valence-corrected chi connectivity index (χ4v) is 2.36. The summed E-state index contributed by atoms with van der Waals surface area (Å²) in [6.07, 6.45) is 3.02. The van der Waals surface area contributed by atoms with Gasteiger partial charge < -0.3 is 15.6 Å². The van der Waals surface area contributed by atoms with Gasteiger partial charge in [0.25, 0.3) is 5.91 Å². The Morgan fingerprint density at radius 1 is 1.35 bits per heavy atom. The smallest absolute Gasteiger partial charge is 0.327 e. The molecule has 138 valence electrons. The van der Waals surface area contributed by atoms with Crippen LogP contribution >= 0.6 is 12.6 Å². The number of nitrogens with one attached hydrogen (secondary N) is 1. The first kappa shape index (κ1) is 19.7. The van der Waals surface area contributed by atoms with E-state index in [4.69, 9.17) is 5.11 Å². The summed E-state index contributed by atoms with van der Waals surface area (Å²) < 4.78 is 0.868. The van der Waals surface area contributed by atoms with E-state index in [2.05, 4.69) is 22.9 Å². The summed E-state index contributed by atoms with van der Waals surface area (Å²) in [5.41, 5.74) is 0.230. The molecule has 2 rings (SSSR count). The molecule has 1 aromatic heterocycles. The minimum atomic E-state index is -1.16. The number of carboxylic acid groups (broad SMARTS) is 1. The summed E-state index contributed by atoms with van der Waals surface area (Å²) in [5.74, 6) is -1.79. The summed E-state index contributed by atoms with van der Waals surface area (Å²) >= 11 is 3.91. The number of carboxylic acids is 1. The Bertz CT molecular complexity index is 874. The van der Waals surface area contributed by atoms with Gasteiger partial charge in [0.05, 0.1) is 0 Å². The number of rotatable bonds is 5. The topological polar surface area (TPSA) is 105 Å². The first-order chi connectivity index (χ1) is 12.1. The van der Waals surface area contributed by atoms with Gasteiger partial charge in [0, 0.05) is 43.7 Å². The van der Waals surface area contributed by atoms with Crippen LogP contribution in [-0.2, 0) is 4.79 Å². The Morgan fingerprint density at radius 3 is 2.62 bits per heavy atom. The molecule has 1 amide bonds. The van der Waals surface area contributed by atoms with Crippen molar-refractivity contribution in [1.82, 2.24) is 10.3 Å². The number of thiol groups is 1. The van der Waals surface area contributed by atoms with E-state index in [9.17, 15) is 14.8 Å². The number of aliphatic carboxylic acids is 1. The Balaban J connectivity index is 2.34. The predicted octanol–water partition coefficient (Wildman–Crippen LogP) is 2.08. The SMILES string of the molecule is CC(C)(C)/[N+]([O-])=C/c1ccc2cnc(C(=O)NC(CS)C(=O)O)cc2c1. The molecule has 1 aromatic carbocycles. The number of amides is 1. The number of carbonyl (C=O) groups is 2. The van der Waals surface area contributed by atoms with E-state index in [1.54, 1.807) is 24.3 Å². The molecule has 8 heteroatoms. The van der Waals surface area contributed by atoms with Crippen LogP contribution < -0.4 is 5.32 Å². The van der Waals surface area contributed by atoms with Crippen LogP contribution in [0.4, 0.5) is 0 Å². The molecule has 2 N–H and O–H groups in total. The maximum Gasteiger partial charge on any atom is 0.327 e. The molecule has 0 spiro atoms. The lowest BCUT2D eigenvalue weighted by Crippen LogP contribution is -2.42. The maximum absolute atomic E-state index is 12.2. The second kappa shape index (κ2) is 7.74. The third-order valence-electron chi connectivity index (χ3n) is 3.69. The molecule has 0 aliphatic carbocycles. The zero-order valence-corrected chi connectivity index (χ0v) is 15.7. The molecule has 7 nitrogen and oxygen atoms in total. The lowest BCUT2D eigenvalue weighted by atomic mass is 10.1. The third-order valence-corrected chi connectivity index (χ3v) is 4.06. The number of aromatic nitrogens is 1. The van der Waals surface area contributed by atoms with Gasteiger partial charge in [-0.2, -0.15) is 12.6 Å². The predicted molar refractivity (Wildman–Crippen MR) is 103 cm³/mol. The van der Waals surface area contributed by atoms with Crippen LogP contribution in [0.2, 0.25) is 0 Å². The molecule has 1 heterocycles. The molecule has 2 aromatic rings. The Morgan fingerprint density at radius 2 is 2.04 bits per heavy atom. The molecule has 0 aliphatic rings. The normalized spacial score (nSPS) is 13.5. The summed E-state index contributed by atoms with van der Waals surface area (Å²) in [6.45, 7) is 5.43. The van der Waals surface area contributed by atoms with Crippen LogP contribution in [0, 0.1) is 5.21 Å². The van der Waals surface area contributed by atoms with Crippen LogP contribution in [0.25, 0.3) is 10.8 Å². The number of benzene rings is 1. The Hall–Kier alpha value is -2.61. The van der Waals surface area contributed by atoms with E-state index in [1.807, 2.05) is 20.8 Å². The highest BCUT2D eigenvalue weighted by Gasteiger charge is 2.20. The number of hydroxylamine groups is 1. The van der Waals surface area contributed by atoms with E-state index in [0.29, 0.717) is 5.56 Å². The molecule has 1 atom stereocenters. The van der Waals surface area contributed by atoms with Crippen molar-refractivity contribution in [3.05, 3.63) is 46.9 Å². The van der Waals surface area contributed by atoms with E-state index in [1.165, 1.54) is 12.4 Å². The number of hydrogen-bond acceptors (Lipinski definition) is 5. The van der Waals surface area contributed by atoms with E-state index in [0.717, 1.165) is 15.5 Å². The number of nitrogens with zero attached hydrogens (tertiary/aromatic N) is 2. The van der Waals surface area contributed by atoms with Crippen LogP contribution in [0.1, 0.15) is 36.8 Å². The highest BCUT2D eigenvalue weighted by molar-refractivity contribution is 7.80. The van der Waals surface area contributed by atoms with Crippen molar-refractivity contribution in [2.45, 2.75) is 32.4 Å². The van der Waals surface area contributed by atoms with Gasteiger partial charge in [-0.05, 0) is 23.6 Å². The number of carbonyl (C=O) groups excluding carboxylic acids is 1. The van der Waals surface area contributed by atoms with Crippen molar-refractivity contribution in [2.75, 3.05) is 5.75 Å². The van der Waals surface area contributed by atoms with Gasteiger partial charge >= 0.3 is 5.97 Å². The molecular weight excluding hydrogens is 354 g/mol. The molecular formula is C18H21N3O4S. The van der Waals surface area contributed by atoms with E-state index >= 15 is 0 Å². The quantitative estimate of drug-likeness (QED) is 0.244. The summed E-state index contributed by atoms with van der Waals surface area (Å²) in [6, 6.07) is 5.84. The average molecular weight is 375 g/mol. The average Bonchev–Trinajstić information content (AvgIpc) is 2.57. The van der Waals surface area contributed by atoms with E-state index in [-0.39, 0.29) is 11.4 Å². The standard InChI is InChI=1S/C18H21N3O4S/c1-18(2,3)21(25)9-11-4-5-12-8-19-14(7-13(12)6-11)16(22)20-15(10-26)17(23)24/h4-9,15,26H,10H2,1-3H3,(H,20,22)(H,23,24)/b21-9-. The summed E-state index contributed by atoms with van der Waals surface area (Å²) in [7, 11) is 0. The van der Waals surface area contributed by atoms with Crippen molar-refractivity contribution in [1.29, 1.82) is 0 Å². The van der Waals surface area contributed by atoms with Crippen molar-refractivity contribution >= 4 is 41.5 Å². The zero-order chi connectivity index (χ0) is 19.5. The molecule has 26 heavy (non-hydrogen) atoms. The van der Waals surface area contributed by atoms with Crippen LogP contribution in [-0.4, -0.2) is 50.3 Å². The van der Waals surface area contributed by atoms with Crippen molar-refractivity contribution in [2.24, 2.45) is 0 Å². The van der Waals surface area contributed by atoms with Gasteiger partial charge in [0.1, 0.15) is 11.7 Å². The van der Waals surface area contributed by atoms with Gasteiger partial charge in [-0.3, -0.25) is 9.78 Å². The molecule has 0 saturated carbocycles. The highest BCUT2D eigenvalue weighted by atomic mass is 32.1. The Kier molecular flexibility index (Phi) is 5.86. The Labute approximate surface area is 156 Å². The van der Waals surface area contributed by atoms with Crippen LogP contribution in [0.3, 0.4) is 0 Å². The van der Waals surface area contributed by atoms with E-state index < -0.39 is 23.5 Å². The van der Waals surface area contributed by atoms with Crippen LogP contribution in [0.5, 0.6) is 0 Å². The first-order valence-electron chi connectivity index (χ1n) is 7.97. The number of fused-ring (bicyclic) bond motifs is 1. The summed E-state index contributed by atoms with van der Waals surface area (Å²) in [4.78, 5) is 27.3. The second-order valence-electron chi connectivity index (χ2n) is 6.85. The highest BCUT2D eigenvalue weighted by Crippen LogP contribution is 2.16. The van der Waals surface area contributed by atoms with Gasteiger partial charge in [0.15, 0.2) is 11.8 Å². The zero-order valence-electron chi connectivity index (χ0n) is 14.8. The lowest BCUT2D eigenvalue weighted by molar-refractivity contribution is -0.530.